The van der Waals surface area contributed by atoms with Crippen molar-refractivity contribution in [1.82, 2.24) is 4.98 Å². The van der Waals surface area contributed by atoms with Crippen LogP contribution < -0.4 is 0 Å². The second-order valence-electron chi connectivity index (χ2n) is 2.53. The number of rotatable bonds is 3. The Bertz CT molecular complexity index is 293. The fraction of sp³-hybridized carbons (Fsp3) is 0.222. The smallest absolute Gasteiger partial charge is 0.173 e. The number of carbonyl (C=O) groups is 1. The van der Waals surface area contributed by atoms with Crippen molar-refractivity contribution < 1.29 is 4.79 Å². The standard InChI is InChI=1S/C9H10N2O/c1-7(12)9(10)6-8-4-2-3-5-11-8/h2-5,10H,6H2,1H3. The van der Waals surface area contributed by atoms with Gasteiger partial charge in [-0.05, 0) is 12.1 Å². The molecular weight excluding hydrogens is 152 g/mol. The minimum atomic E-state index is -0.194. The summed E-state index contributed by atoms with van der Waals surface area (Å²) in [6.07, 6.45) is 1.99. The molecule has 0 spiro atoms. The van der Waals surface area contributed by atoms with Crippen LogP contribution in [0.2, 0.25) is 0 Å². The van der Waals surface area contributed by atoms with Gasteiger partial charge >= 0.3 is 0 Å². The summed E-state index contributed by atoms with van der Waals surface area (Å²) in [5, 5.41) is 7.29. The van der Waals surface area contributed by atoms with Crippen LogP contribution in [0.1, 0.15) is 12.6 Å². The van der Waals surface area contributed by atoms with Gasteiger partial charge < -0.3 is 5.41 Å². The van der Waals surface area contributed by atoms with E-state index in [-0.39, 0.29) is 11.5 Å². The van der Waals surface area contributed by atoms with Gasteiger partial charge in [-0.1, -0.05) is 6.07 Å². The number of carbonyl (C=O) groups excluding carboxylic acids is 1. The highest BCUT2D eigenvalue weighted by Crippen LogP contribution is 1.95. The molecule has 0 atom stereocenters. The summed E-state index contributed by atoms with van der Waals surface area (Å²) in [7, 11) is 0. The largest absolute Gasteiger partial charge is 0.301 e. The molecule has 62 valence electrons. The fourth-order valence-electron chi connectivity index (χ4n) is 0.808. The Labute approximate surface area is 71.0 Å². The van der Waals surface area contributed by atoms with Crippen molar-refractivity contribution in [3.8, 4) is 0 Å². The maximum atomic E-state index is 10.7. The first-order valence-electron chi connectivity index (χ1n) is 3.68. The maximum Gasteiger partial charge on any atom is 0.173 e. The summed E-state index contributed by atoms with van der Waals surface area (Å²) < 4.78 is 0. The molecule has 0 bridgehead atoms. The molecule has 1 rings (SSSR count). The van der Waals surface area contributed by atoms with E-state index in [9.17, 15) is 4.79 Å². The van der Waals surface area contributed by atoms with Gasteiger partial charge in [0.25, 0.3) is 0 Å². The molecule has 1 aromatic rings. The predicted molar refractivity (Wildman–Crippen MR) is 46.3 cm³/mol. The Balaban J connectivity index is 2.65. The van der Waals surface area contributed by atoms with E-state index in [1.54, 1.807) is 18.3 Å². The summed E-state index contributed by atoms with van der Waals surface area (Å²) in [5.41, 5.74) is 0.867. The second-order valence-corrected chi connectivity index (χ2v) is 2.53. The summed E-state index contributed by atoms with van der Waals surface area (Å²) in [5.74, 6) is -0.194. The number of ketones is 1. The SMILES string of the molecule is CC(=O)C(=N)Cc1ccccn1. The van der Waals surface area contributed by atoms with Crippen LogP contribution in [0.5, 0.6) is 0 Å². The zero-order chi connectivity index (χ0) is 8.97. The molecule has 1 heterocycles. The van der Waals surface area contributed by atoms with Crippen LogP contribution in [-0.2, 0) is 11.2 Å². The van der Waals surface area contributed by atoms with Gasteiger partial charge in [-0.2, -0.15) is 0 Å². The minimum Gasteiger partial charge on any atom is -0.301 e. The van der Waals surface area contributed by atoms with Gasteiger partial charge in [0.2, 0.25) is 0 Å². The van der Waals surface area contributed by atoms with E-state index < -0.39 is 0 Å². The molecule has 12 heavy (non-hydrogen) atoms. The third-order valence-electron chi connectivity index (χ3n) is 1.51. The number of nitrogens with one attached hydrogen (secondary N) is 1. The highest BCUT2D eigenvalue weighted by molar-refractivity contribution is 6.38. The van der Waals surface area contributed by atoms with Gasteiger partial charge in [-0.25, -0.2) is 0 Å². The van der Waals surface area contributed by atoms with Crippen molar-refractivity contribution in [2.45, 2.75) is 13.3 Å². The topological polar surface area (TPSA) is 53.8 Å². The summed E-state index contributed by atoms with van der Waals surface area (Å²) in [6.45, 7) is 1.39. The van der Waals surface area contributed by atoms with E-state index in [0.29, 0.717) is 6.42 Å². The number of nitrogens with zero attached hydrogens (tertiary/aromatic N) is 1. The van der Waals surface area contributed by atoms with Crippen LogP contribution in [0.15, 0.2) is 24.4 Å². The fourth-order valence-corrected chi connectivity index (χ4v) is 0.808. The highest BCUT2D eigenvalue weighted by atomic mass is 16.1. The first kappa shape index (κ1) is 8.59. The quantitative estimate of drug-likeness (QED) is 0.679. The Kier molecular flexibility index (Phi) is 2.69. The Hall–Kier alpha value is -1.51. The van der Waals surface area contributed by atoms with E-state index in [1.165, 1.54) is 6.92 Å². The molecule has 3 heteroatoms. The summed E-state index contributed by atoms with van der Waals surface area (Å²) >= 11 is 0. The van der Waals surface area contributed by atoms with Gasteiger partial charge in [0.1, 0.15) is 0 Å². The van der Waals surface area contributed by atoms with E-state index >= 15 is 0 Å². The van der Waals surface area contributed by atoms with Crippen molar-refractivity contribution in [3.63, 3.8) is 0 Å². The molecular formula is C9H10N2O. The van der Waals surface area contributed by atoms with Crippen LogP contribution in [0.4, 0.5) is 0 Å². The lowest BCUT2D eigenvalue weighted by molar-refractivity contribution is -0.111. The van der Waals surface area contributed by atoms with Gasteiger partial charge in [0, 0.05) is 25.2 Å². The number of aromatic nitrogens is 1. The van der Waals surface area contributed by atoms with Gasteiger partial charge in [0.05, 0.1) is 5.71 Å². The zero-order valence-corrected chi connectivity index (χ0v) is 6.87. The molecule has 0 aliphatic carbocycles. The molecule has 0 unspecified atom stereocenters. The summed E-state index contributed by atoms with van der Waals surface area (Å²) in [6, 6.07) is 5.45. The van der Waals surface area contributed by atoms with E-state index in [2.05, 4.69) is 4.98 Å². The molecule has 0 aliphatic rings. The van der Waals surface area contributed by atoms with Crippen molar-refractivity contribution in [1.29, 1.82) is 5.41 Å². The normalized spacial score (nSPS) is 9.42. The Morgan fingerprint density at radius 1 is 1.58 bits per heavy atom. The molecule has 3 nitrogen and oxygen atoms in total. The second kappa shape index (κ2) is 3.76. The van der Waals surface area contributed by atoms with Crippen LogP contribution in [-0.4, -0.2) is 16.5 Å². The Morgan fingerprint density at radius 2 is 2.33 bits per heavy atom. The minimum absolute atomic E-state index is 0.105. The molecule has 0 aromatic carbocycles. The first-order valence-corrected chi connectivity index (χ1v) is 3.68. The maximum absolute atomic E-state index is 10.7. The molecule has 1 aromatic heterocycles. The molecule has 0 saturated carbocycles. The van der Waals surface area contributed by atoms with Gasteiger partial charge in [0.15, 0.2) is 5.78 Å². The van der Waals surface area contributed by atoms with Crippen LogP contribution in [0.3, 0.4) is 0 Å². The van der Waals surface area contributed by atoms with Gasteiger partial charge in [-0.3, -0.25) is 9.78 Å². The lowest BCUT2D eigenvalue weighted by atomic mass is 10.1. The predicted octanol–water partition coefficient (Wildman–Crippen LogP) is 1.23. The summed E-state index contributed by atoms with van der Waals surface area (Å²) in [4.78, 5) is 14.7. The van der Waals surface area contributed by atoms with E-state index in [1.807, 2.05) is 6.07 Å². The number of hydrogen-bond acceptors (Lipinski definition) is 3. The molecule has 0 aliphatic heterocycles. The van der Waals surface area contributed by atoms with E-state index in [4.69, 9.17) is 5.41 Å². The average molecular weight is 162 g/mol. The van der Waals surface area contributed by atoms with Gasteiger partial charge in [-0.15, -0.1) is 0 Å². The van der Waals surface area contributed by atoms with Crippen LogP contribution in [0.25, 0.3) is 0 Å². The first-order chi connectivity index (χ1) is 5.70. The molecule has 0 radical (unpaired) electrons. The third kappa shape index (κ3) is 2.27. The zero-order valence-electron chi connectivity index (χ0n) is 6.87. The van der Waals surface area contributed by atoms with Crippen molar-refractivity contribution in [2.75, 3.05) is 0 Å². The van der Waals surface area contributed by atoms with Crippen LogP contribution in [0, 0.1) is 5.41 Å². The highest BCUT2D eigenvalue weighted by Gasteiger charge is 2.03. The molecule has 0 amide bonds. The molecule has 1 N–H and O–H groups in total. The van der Waals surface area contributed by atoms with E-state index in [0.717, 1.165) is 5.69 Å². The lowest BCUT2D eigenvalue weighted by Crippen LogP contribution is -2.12. The molecule has 0 saturated heterocycles. The lowest BCUT2D eigenvalue weighted by Gasteiger charge is -1.97. The van der Waals surface area contributed by atoms with Crippen molar-refractivity contribution >= 4 is 11.5 Å². The Morgan fingerprint density at radius 3 is 2.83 bits per heavy atom. The third-order valence-corrected chi connectivity index (χ3v) is 1.51. The van der Waals surface area contributed by atoms with Crippen LogP contribution >= 0.6 is 0 Å². The van der Waals surface area contributed by atoms with Crippen molar-refractivity contribution in [2.24, 2.45) is 0 Å². The number of pyridine rings is 1. The monoisotopic (exact) mass is 162 g/mol. The number of hydrogen-bond donors (Lipinski definition) is 1. The average Bonchev–Trinajstić information content (AvgIpc) is 2.06. The molecule has 0 fully saturated rings. The van der Waals surface area contributed by atoms with Crippen molar-refractivity contribution in [3.05, 3.63) is 30.1 Å². The number of Topliss-reactive ketones (excluding diaryl/α,β-unsaturated/α-hetero) is 1.